The van der Waals surface area contributed by atoms with Crippen LogP contribution in [0.15, 0.2) is 164 Å². The summed E-state index contributed by atoms with van der Waals surface area (Å²) in [5, 5.41) is 8.66. The smallest absolute Gasteiger partial charge is 1.00 e. The summed E-state index contributed by atoms with van der Waals surface area (Å²) in [4.78, 5) is 0. The zero-order valence-electron chi connectivity index (χ0n) is 22.7. The maximum atomic E-state index is 2.59. The van der Waals surface area contributed by atoms with Crippen LogP contribution < -0.4 is 46.0 Å². The number of benzene rings is 4. The third-order valence-corrected chi connectivity index (χ3v) is 14.2. The van der Waals surface area contributed by atoms with Crippen molar-refractivity contribution in [2.45, 2.75) is 0 Å². The van der Waals surface area contributed by atoms with E-state index in [4.69, 9.17) is 0 Å². The average molecular weight is 729 g/mol. The average Bonchev–Trinajstić information content (AvgIpc) is 2.99. The molecule has 0 amide bonds. The Bertz CT molecular complexity index is 1250. The second-order valence-corrected chi connectivity index (χ2v) is 16.4. The van der Waals surface area contributed by atoms with Gasteiger partial charge in [-0.05, 0) is 0 Å². The molecule has 0 saturated heterocycles. The predicted molar refractivity (Wildman–Crippen MR) is 182 cm³/mol. The zero-order valence-corrected chi connectivity index (χ0v) is 30.7. The molecule has 0 aliphatic carbocycles. The molecular formula is C34H34Cl2P4Zr. The monoisotopic (exact) mass is 726 g/mol. The van der Waals surface area contributed by atoms with Crippen LogP contribution in [0.2, 0.25) is 0 Å². The quantitative estimate of drug-likeness (QED) is 0.138. The van der Waals surface area contributed by atoms with Gasteiger partial charge in [0, 0.05) is 0 Å². The Morgan fingerprint density at radius 3 is 1.12 bits per heavy atom. The fourth-order valence-electron chi connectivity index (χ4n) is 3.69. The van der Waals surface area contributed by atoms with E-state index in [1.54, 1.807) is 0 Å². The summed E-state index contributed by atoms with van der Waals surface area (Å²) in [6.45, 7) is 0. The summed E-state index contributed by atoms with van der Waals surface area (Å²) in [5.41, 5.74) is 0. The molecule has 4 rings (SSSR count). The second-order valence-electron chi connectivity index (χ2n) is 8.65. The van der Waals surface area contributed by atoms with E-state index in [2.05, 4.69) is 153 Å². The zero-order chi connectivity index (χ0) is 26.8. The Kier molecular flexibility index (Phi) is 19.9. The van der Waals surface area contributed by atoms with Crippen molar-refractivity contribution in [2.24, 2.45) is 0 Å². The normalized spacial score (nSPS) is 12.8. The number of rotatable bonds is 14. The molecule has 0 nitrogen and oxygen atoms in total. The van der Waals surface area contributed by atoms with Crippen molar-refractivity contribution in [3.05, 3.63) is 164 Å². The van der Waals surface area contributed by atoms with Gasteiger partial charge in [0.25, 0.3) is 0 Å². The van der Waals surface area contributed by atoms with Gasteiger partial charge in [0.15, 0.2) is 0 Å². The molecule has 208 valence electrons. The van der Waals surface area contributed by atoms with Crippen LogP contribution in [0, 0.1) is 0 Å². The van der Waals surface area contributed by atoms with Crippen molar-refractivity contribution in [2.75, 3.05) is 12.3 Å². The third-order valence-electron chi connectivity index (χ3n) is 5.59. The molecule has 0 bridgehead atoms. The number of hydrogen-bond donors (Lipinski definition) is 0. The molecule has 7 heteroatoms. The number of hydrogen-bond acceptors (Lipinski definition) is 0. The molecule has 0 aliphatic heterocycles. The molecule has 0 aromatic heterocycles. The van der Waals surface area contributed by atoms with Crippen LogP contribution in [-0.4, -0.2) is 12.3 Å². The maximum Gasteiger partial charge on any atom is -1.00 e. The van der Waals surface area contributed by atoms with Gasteiger partial charge in [0.05, 0.1) is 0 Å². The summed E-state index contributed by atoms with van der Waals surface area (Å²) in [5.74, 6) is 0. The first-order valence-corrected chi connectivity index (χ1v) is 20.3. The van der Waals surface area contributed by atoms with Gasteiger partial charge < -0.3 is 24.8 Å². The van der Waals surface area contributed by atoms with Gasteiger partial charge >= 0.3 is 255 Å². The van der Waals surface area contributed by atoms with Crippen LogP contribution in [0.5, 0.6) is 0 Å². The van der Waals surface area contributed by atoms with E-state index in [0.717, 1.165) is 29.5 Å². The molecule has 4 unspecified atom stereocenters. The molecular weight excluding hydrogens is 694 g/mol. The molecule has 0 saturated carbocycles. The van der Waals surface area contributed by atoms with E-state index in [9.17, 15) is 0 Å². The first-order chi connectivity index (χ1) is 19.3. The fraction of sp³-hybridized carbons (Fsp3) is 0.0588. The molecule has 0 spiro atoms. The van der Waals surface area contributed by atoms with Crippen molar-refractivity contribution in [1.82, 2.24) is 0 Å². The number of halogens is 2. The molecule has 4 atom stereocenters. The van der Waals surface area contributed by atoms with E-state index in [0.29, 0.717) is 17.2 Å². The Balaban J connectivity index is 0.00000294. The second kappa shape index (κ2) is 22.5. The Labute approximate surface area is 277 Å². The Hall–Kier alpha value is -0.977. The topological polar surface area (TPSA) is 0 Å². The van der Waals surface area contributed by atoms with Crippen molar-refractivity contribution in [1.29, 1.82) is 0 Å². The Morgan fingerprint density at radius 2 is 0.780 bits per heavy atom. The van der Waals surface area contributed by atoms with Crippen LogP contribution >= 0.6 is 34.3 Å². The minimum Gasteiger partial charge on any atom is -1.00 e. The van der Waals surface area contributed by atoms with Crippen molar-refractivity contribution in [3.8, 4) is 0 Å². The van der Waals surface area contributed by atoms with Crippen molar-refractivity contribution >= 4 is 55.5 Å². The largest absolute Gasteiger partial charge is 1.00 e. The van der Waals surface area contributed by atoms with Crippen LogP contribution in [0.1, 0.15) is 0 Å². The first kappa shape index (κ1) is 36.2. The van der Waals surface area contributed by atoms with Crippen molar-refractivity contribution in [3.63, 3.8) is 0 Å². The van der Waals surface area contributed by atoms with Gasteiger partial charge in [-0.1, -0.05) is 0 Å². The molecule has 4 aromatic carbocycles. The molecule has 0 N–H and O–H groups in total. The van der Waals surface area contributed by atoms with Crippen LogP contribution in [0.3, 0.4) is 0 Å². The minimum absolute atomic E-state index is 0. The van der Waals surface area contributed by atoms with Crippen LogP contribution in [0.25, 0.3) is 0 Å². The molecule has 0 aliphatic rings. The van der Waals surface area contributed by atoms with E-state index in [1.165, 1.54) is 31.8 Å². The summed E-state index contributed by atoms with van der Waals surface area (Å²) in [6.07, 6.45) is 11.8. The third kappa shape index (κ3) is 15.4. The summed E-state index contributed by atoms with van der Waals surface area (Å²) in [7, 11) is 3.08. The number of allylic oxidation sites excluding steroid dienone is 6. The van der Waals surface area contributed by atoms with Gasteiger partial charge in [0.1, 0.15) is 0 Å². The van der Waals surface area contributed by atoms with Gasteiger partial charge in [-0.25, -0.2) is 0 Å². The van der Waals surface area contributed by atoms with E-state index < -0.39 is 23.2 Å². The molecule has 0 radical (unpaired) electrons. The maximum absolute atomic E-state index is 2.59. The minimum atomic E-state index is -0.816. The molecule has 0 fully saturated rings. The molecule has 0 heterocycles. The van der Waals surface area contributed by atoms with E-state index in [1.807, 2.05) is 0 Å². The molecule has 41 heavy (non-hydrogen) atoms. The summed E-state index contributed by atoms with van der Waals surface area (Å²) >= 11 is -0.816. The molecule has 4 aromatic rings. The van der Waals surface area contributed by atoms with E-state index in [-0.39, 0.29) is 24.8 Å². The summed E-state index contributed by atoms with van der Waals surface area (Å²) < 4.78 is 5.18. The van der Waals surface area contributed by atoms with Gasteiger partial charge in [0.2, 0.25) is 0 Å². The van der Waals surface area contributed by atoms with Gasteiger partial charge in [-0.3, -0.25) is 0 Å². The predicted octanol–water partition coefficient (Wildman–Crippen LogP) is 1.89. The van der Waals surface area contributed by atoms with Gasteiger partial charge in [-0.2, -0.15) is 0 Å². The SMILES string of the molecule is C(=CC(=[CH][Zr+2][CH]=C(C=CCPc1ccccc1)Pc1ccccc1)Pc1ccccc1)CPc1ccccc1.[Cl-].[Cl-]. The van der Waals surface area contributed by atoms with Crippen LogP contribution in [-0.2, 0) is 23.2 Å². The first-order valence-electron chi connectivity index (χ1n) is 13.1. The standard InChI is InChI=1S/2C17H17P2.2ClH.Zr/c2*1-15(19-17-12-6-3-7-13-17)9-8-14-18-16-10-4-2-5-11-16;;;/h2*1-13,18-19H,14H2;2*1H;/q;;;;+2/p-2. The van der Waals surface area contributed by atoms with E-state index >= 15 is 0 Å². The van der Waals surface area contributed by atoms with Gasteiger partial charge in [-0.15, -0.1) is 0 Å². The van der Waals surface area contributed by atoms with Crippen LogP contribution in [0.4, 0.5) is 0 Å². The Morgan fingerprint density at radius 1 is 0.463 bits per heavy atom. The summed E-state index contributed by atoms with van der Waals surface area (Å²) in [6, 6.07) is 43.5. The van der Waals surface area contributed by atoms with Crippen molar-refractivity contribution < 1.29 is 48.0 Å². The fourth-order valence-corrected chi connectivity index (χ4v) is 11.0.